The number of pyridine rings is 1. The highest BCUT2D eigenvalue weighted by Crippen LogP contribution is 2.17. The highest BCUT2D eigenvalue weighted by molar-refractivity contribution is 9.10. The van der Waals surface area contributed by atoms with Gasteiger partial charge in [0.15, 0.2) is 5.65 Å². The Morgan fingerprint density at radius 3 is 2.78 bits per heavy atom. The van der Waals surface area contributed by atoms with Crippen molar-refractivity contribution in [2.75, 3.05) is 0 Å². The number of fused-ring (bicyclic) bond motifs is 1. The van der Waals surface area contributed by atoms with Crippen molar-refractivity contribution < 1.29 is 0 Å². The van der Waals surface area contributed by atoms with E-state index < -0.39 is 0 Å². The number of benzene rings is 1. The Balaban J connectivity index is 2.05. The molecule has 18 heavy (non-hydrogen) atoms. The lowest BCUT2D eigenvalue weighted by molar-refractivity contribution is 0.923. The van der Waals surface area contributed by atoms with Gasteiger partial charge < -0.3 is 0 Å². The number of halogens is 1. The van der Waals surface area contributed by atoms with Crippen molar-refractivity contribution in [3.05, 3.63) is 64.0 Å². The van der Waals surface area contributed by atoms with Crippen molar-refractivity contribution in [3.63, 3.8) is 0 Å². The molecule has 0 radical (unpaired) electrons. The maximum absolute atomic E-state index is 4.26. The lowest BCUT2D eigenvalue weighted by Crippen LogP contribution is -1.97. The molecule has 0 saturated carbocycles. The standard InChI is InChI=1S/C14H12BrN3/c1-10-4-2-5-11(8-10)9-14-17-16-13-7-3-6-12(15)18(13)14/h2-8H,9H2,1H3. The van der Waals surface area contributed by atoms with Crippen LogP contribution in [0.15, 0.2) is 47.1 Å². The maximum atomic E-state index is 4.26. The largest absolute Gasteiger partial charge is 0.273 e. The summed E-state index contributed by atoms with van der Waals surface area (Å²) in [5, 5.41) is 8.45. The molecule has 2 aromatic heterocycles. The van der Waals surface area contributed by atoms with Gasteiger partial charge in [-0.3, -0.25) is 4.40 Å². The molecule has 3 rings (SSSR count). The average molecular weight is 302 g/mol. The first-order chi connectivity index (χ1) is 8.74. The Morgan fingerprint density at radius 2 is 1.94 bits per heavy atom. The summed E-state index contributed by atoms with van der Waals surface area (Å²) in [6.07, 6.45) is 0.783. The van der Waals surface area contributed by atoms with E-state index in [1.54, 1.807) is 0 Å². The van der Waals surface area contributed by atoms with Crippen LogP contribution in [0, 0.1) is 6.92 Å². The summed E-state index contributed by atoms with van der Waals surface area (Å²) in [5.41, 5.74) is 3.38. The maximum Gasteiger partial charge on any atom is 0.161 e. The van der Waals surface area contributed by atoms with Crippen molar-refractivity contribution in [1.82, 2.24) is 14.6 Å². The van der Waals surface area contributed by atoms with E-state index in [1.165, 1.54) is 11.1 Å². The van der Waals surface area contributed by atoms with Gasteiger partial charge in [0, 0.05) is 6.42 Å². The van der Waals surface area contributed by atoms with Crippen molar-refractivity contribution in [2.24, 2.45) is 0 Å². The quantitative estimate of drug-likeness (QED) is 0.679. The first-order valence-corrected chi connectivity index (χ1v) is 6.57. The SMILES string of the molecule is Cc1cccc(Cc2nnc3cccc(Br)n23)c1. The lowest BCUT2D eigenvalue weighted by atomic mass is 10.1. The van der Waals surface area contributed by atoms with Crippen LogP contribution in [0.25, 0.3) is 5.65 Å². The molecular formula is C14H12BrN3. The van der Waals surface area contributed by atoms with Crippen molar-refractivity contribution in [1.29, 1.82) is 0 Å². The van der Waals surface area contributed by atoms with Crippen molar-refractivity contribution in [3.8, 4) is 0 Å². The molecule has 0 bridgehead atoms. The molecule has 0 spiro atoms. The second-order valence-corrected chi connectivity index (χ2v) is 5.14. The summed E-state index contributed by atoms with van der Waals surface area (Å²) in [6, 6.07) is 14.4. The zero-order chi connectivity index (χ0) is 12.5. The minimum absolute atomic E-state index is 0.783. The monoisotopic (exact) mass is 301 g/mol. The Morgan fingerprint density at radius 1 is 1.11 bits per heavy atom. The van der Waals surface area contributed by atoms with E-state index in [1.807, 2.05) is 22.6 Å². The molecule has 0 N–H and O–H groups in total. The van der Waals surface area contributed by atoms with Gasteiger partial charge in [-0.25, -0.2) is 0 Å². The number of aryl methyl sites for hydroxylation is 1. The Kier molecular flexibility index (Phi) is 2.88. The molecule has 1 aromatic carbocycles. The topological polar surface area (TPSA) is 30.2 Å². The van der Waals surface area contributed by atoms with Gasteiger partial charge in [0.25, 0.3) is 0 Å². The molecule has 0 amide bonds. The predicted molar refractivity (Wildman–Crippen MR) is 74.7 cm³/mol. The Bertz CT molecular complexity index is 703. The molecular weight excluding hydrogens is 290 g/mol. The molecule has 4 heteroatoms. The predicted octanol–water partition coefficient (Wildman–Crippen LogP) is 3.39. The van der Waals surface area contributed by atoms with Gasteiger partial charge in [0.05, 0.1) is 4.60 Å². The zero-order valence-electron chi connectivity index (χ0n) is 9.97. The molecule has 0 saturated heterocycles. The van der Waals surface area contributed by atoms with E-state index in [0.29, 0.717) is 0 Å². The summed E-state index contributed by atoms with van der Waals surface area (Å²) >= 11 is 3.54. The molecule has 0 aliphatic carbocycles. The fraction of sp³-hybridized carbons (Fsp3) is 0.143. The summed E-state index contributed by atoms with van der Waals surface area (Å²) in [6.45, 7) is 2.10. The minimum Gasteiger partial charge on any atom is -0.273 e. The molecule has 0 aliphatic heterocycles. The third kappa shape index (κ3) is 2.04. The number of rotatable bonds is 2. The highest BCUT2D eigenvalue weighted by Gasteiger charge is 2.08. The molecule has 2 heterocycles. The minimum atomic E-state index is 0.783. The van der Waals surface area contributed by atoms with Gasteiger partial charge in [0.1, 0.15) is 5.82 Å². The second-order valence-electron chi connectivity index (χ2n) is 4.32. The van der Waals surface area contributed by atoms with Crippen LogP contribution < -0.4 is 0 Å². The van der Waals surface area contributed by atoms with E-state index in [4.69, 9.17) is 0 Å². The van der Waals surface area contributed by atoms with Crippen LogP contribution in [-0.4, -0.2) is 14.6 Å². The number of nitrogens with zero attached hydrogens (tertiary/aromatic N) is 3. The zero-order valence-corrected chi connectivity index (χ0v) is 11.6. The third-order valence-electron chi connectivity index (χ3n) is 2.89. The molecule has 0 fully saturated rings. The molecule has 0 atom stereocenters. The fourth-order valence-electron chi connectivity index (χ4n) is 2.08. The van der Waals surface area contributed by atoms with Crippen LogP contribution in [-0.2, 0) is 6.42 Å². The highest BCUT2D eigenvalue weighted by atomic mass is 79.9. The molecule has 0 unspecified atom stereocenters. The Labute approximate surface area is 114 Å². The van der Waals surface area contributed by atoms with Crippen LogP contribution in [0.2, 0.25) is 0 Å². The lowest BCUT2D eigenvalue weighted by Gasteiger charge is -2.03. The number of hydrogen-bond donors (Lipinski definition) is 0. The second kappa shape index (κ2) is 4.53. The van der Waals surface area contributed by atoms with Gasteiger partial charge in [-0.05, 0) is 40.5 Å². The van der Waals surface area contributed by atoms with Gasteiger partial charge in [-0.1, -0.05) is 35.9 Å². The fourth-order valence-corrected chi connectivity index (χ4v) is 2.62. The summed E-state index contributed by atoms with van der Waals surface area (Å²) in [7, 11) is 0. The molecule has 0 aliphatic rings. The molecule has 3 nitrogen and oxygen atoms in total. The van der Waals surface area contributed by atoms with Gasteiger partial charge in [-0.15, -0.1) is 10.2 Å². The average Bonchev–Trinajstić information content (AvgIpc) is 2.74. The van der Waals surface area contributed by atoms with Crippen molar-refractivity contribution >= 4 is 21.6 Å². The first-order valence-electron chi connectivity index (χ1n) is 5.78. The van der Waals surface area contributed by atoms with Crippen LogP contribution in [0.3, 0.4) is 0 Å². The van der Waals surface area contributed by atoms with Crippen molar-refractivity contribution in [2.45, 2.75) is 13.3 Å². The number of aromatic nitrogens is 3. The first kappa shape index (κ1) is 11.4. The van der Waals surface area contributed by atoms with Gasteiger partial charge in [-0.2, -0.15) is 0 Å². The molecule has 3 aromatic rings. The third-order valence-corrected chi connectivity index (χ3v) is 3.51. The van der Waals surface area contributed by atoms with Crippen LogP contribution >= 0.6 is 15.9 Å². The smallest absolute Gasteiger partial charge is 0.161 e. The molecule has 90 valence electrons. The Hall–Kier alpha value is -1.68. The van der Waals surface area contributed by atoms with Gasteiger partial charge >= 0.3 is 0 Å². The van der Waals surface area contributed by atoms with E-state index in [-0.39, 0.29) is 0 Å². The van der Waals surface area contributed by atoms with Crippen LogP contribution in [0.1, 0.15) is 17.0 Å². The summed E-state index contributed by atoms with van der Waals surface area (Å²) in [5.74, 6) is 0.947. The normalized spacial score (nSPS) is 11.0. The van der Waals surface area contributed by atoms with E-state index in [9.17, 15) is 0 Å². The summed E-state index contributed by atoms with van der Waals surface area (Å²) < 4.78 is 3.01. The van der Waals surface area contributed by atoms with Crippen LogP contribution in [0.5, 0.6) is 0 Å². The van der Waals surface area contributed by atoms with E-state index in [0.717, 1.165) is 22.5 Å². The number of hydrogen-bond acceptors (Lipinski definition) is 2. The van der Waals surface area contributed by atoms with E-state index in [2.05, 4.69) is 57.3 Å². The summed E-state index contributed by atoms with van der Waals surface area (Å²) in [4.78, 5) is 0. The van der Waals surface area contributed by atoms with Gasteiger partial charge in [0.2, 0.25) is 0 Å². The van der Waals surface area contributed by atoms with E-state index >= 15 is 0 Å². The van der Waals surface area contributed by atoms with Crippen LogP contribution in [0.4, 0.5) is 0 Å².